The van der Waals surface area contributed by atoms with Gasteiger partial charge in [0.2, 0.25) is 5.66 Å². The van der Waals surface area contributed by atoms with Crippen LogP contribution in [0.2, 0.25) is 0 Å². The Labute approximate surface area is 127 Å². The van der Waals surface area contributed by atoms with Crippen molar-refractivity contribution >= 4 is 11.8 Å². The summed E-state index contributed by atoms with van der Waals surface area (Å²) >= 11 is 0. The number of carbonyl (C=O) groups is 2. The Morgan fingerprint density at radius 1 is 1.32 bits per heavy atom. The molecule has 0 aliphatic carbocycles. The summed E-state index contributed by atoms with van der Waals surface area (Å²) in [6.07, 6.45) is 1.46. The smallest absolute Gasteiger partial charge is 0.348 e. The fraction of sp³-hybridized carbons (Fsp3) is 0.250. The maximum Gasteiger partial charge on any atom is 0.348 e. The second-order valence-corrected chi connectivity index (χ2v) is 5.28. The van der Waals surface area contributed by atoms with Gasteiger partial charge in [0.1, 0.15) is 5.75 Å². The summed E-state index contributed by atoms with van der Waals surface area (Å²) in [5, 5.41) is 22.0. The highest BCUT2D eigenvalue weighted by molar-refractivity contribution is 5.99. The summed E-state index contributed by atoms with van der Waals surface area (Å²) in [5.74, 6) is -1.39. The first-order valence-corrected chi connectivity index (χ1v) is 6.76. The number of aliphatic carboxylic acids is 1. The zero-order valence-electron chi connectivity index (χ0n) is 12.4. The fourth-order valence-electron chi connectivity index (χ4n) is 2.52. The van der Waals surface area contributed by atoms with Crippen LogP contribution in [0.4, 0.5) is 0 Å². The molecule has 0 aromatic heterocycles. The average molecular weight is 302 g/mol. The number of hydrogen-bond donors (Lipinski definition) is 4. The van der Waals surface area contributed by atoms with E-state index in [0.29, 0.717) is 22.3 Å². The number of nitrogens with two attached hydrogens (primary N) is 1. The predicted octanol–water partition coefficient (Wildman–Crippen LogP) is 1.07. The minimum atomic E-state index is -1.81. The molecule has 6 heteroatoms. The Balaban J connectivity index is 2.55. The molecule has 1 aromatic carbocycles. The molecule has 0 saturated carbocycles. The molecule has 2 rings (SSSR count). The fourth-order valence-corrected chi connectivity index (χ4v) is 2.52. The van der Waals surface area contributed by atoms with Crippen LogP contribution in [-0.2, 0) is 16.0 Å². The summed E-state index contributed by atoms with van der Waals surface area (Å²) in [4.78, 5) is 23.3. The highest BCUT2D eigenvalue weighted by atomic mass is 16.4. The van der Waals surface area contributed by atoms with E-state index in [4.69, 9.17) is 5.73 Å². The van der Waals surface area contributed by atoms with Crippen molar-refractivity contribution < 1.29 is 19.8 Å². The van der Waals surface area contributed by atoms with E-state index in [0.717, 1.165) is 0 Å². The van der Waals surface area contributed by atoms with E-state index in [2.05, 4.69) is 5.32 Å². The molecule has 0 spiro atoms. The number of Topliss-reactive ketones (excluding diaryl/α,β-unsaturated/α-hetero) is 1. The van der Waals surface area contributed by atoms with E-state index in [1.165, 1.54) is 19.2 Å². The zero-order chi connectivity index (χ0) is 16.5. The molecule has 5 N–H and O–H groups in total. The van der Waals surface area contributed by atoms with Crippen molar-refractivity contribution in [3.8, 4) is 5.75 Å². The lowest BCUT2D eigenvalue weighted by Gasteiger charge is -2.34. The number of carbonyl (C=O) groups excluding carboxylic acids is 1. The van der Waals surface area contributed by atoms with Crippen LogP contribution in [0.1, 0.15) is 19.4 Å². The standard InChI is InChI=1S/C16H18N2O4/c1-9-12(10(2)19)8-18-16(17,15(21)22)13(9)7-11-5-3-4-6-14(11)20/h3-6,8,18,20H,7,17H2,1-2H3,(H,21,22). The number of carboxylic acids is 1. The molecular formula is C16H18N2O4. The number of carboxylic acid groups (broad SMARTS) is 1. The Kier molecular flexibility index (Phi) is 4.05. The molecule has 0 fully saturated rings. The first-order valence-electron chi connectivity index (χ1n) is 6.76. The summed E-state index contributed by atoms with van der Waals surface area (Å²) in [5.41, 5.74) is 5.96. The van der Waals surface area contributed by atoms with Gasteiger partial charge in [-0.25, -0.2) is 4.79 Å². The topological polar surface area (TPSA) is 113 Å². The largest absolute Gasteiger partial charge is 0.508 e. The number of rotatable bonds is 4. The summed E-state index contributed by atoms with van der Waals surface area (Å²) < 4.78 is 0. The van der Waals surface area contributed by atoms with Crippen molar-refractivity contribution in [2.24, 2.45) is 5.73 Å². The summed E-state index contributed by atoms with van der Waals surface area (Å²) in [6.45, 7) is 3.06. The third kappa shape index (κ3) is 2.60. The van der Waals surface area contributed by atoms with E-state index < -0.39 is 11.6 Å². The first kappa shape index (κ1) is 15.8. The number of hydrogen-bond acceptors (Lipinski definition) is 5. The molecule has 1 unspecified atom stereocenters. The van der Waals surface area contributed by atoms with Crippen LogP contribution < -0.4 is 11.1 Å². The number of dihydropyridines is 1. The van der Waals surface area contributed by atoms with Crippen molar-refractivity contribution in [2.45, 2.75) is 25.9 Å². The van der Waals surface area contributed by atoms with Gasteiger partial charge in [-0.05, 0) is 36.6 Å². The molecule has 22 heavy (non-hydrogen) atoms. The van der Waals surface area contributed by atoms with Crippen molar-refractivity contribution in [1.82, 2.24) is 5.32 Å². The number of nitrogens with one attached hydrogen (secondary N) is 1. The number of para-hydroxylation sites is 1. The average Bonchev–Trinajstić information content (AvgIpc) is 2.44. The monoisotopic (exact) mass is 302 g/mol. The lowest BCUT2D eigenvalue weighted by Crippen LogP contribution is -2.61. The molecule has 1 aliphatic heterocycles. The van der Waals surface area contributed by atoms with Crippen LogP contribution in [0.25, 0.3) is 0 Å². The molecule has 0 saturated heterocycles. The molecule has 1 heterocycles. The van der Waals surface area contributed by atoms with Crippen LogP contribution >= 0.6 is 0 Å². The van der Waals surface area contributed by atoms with Crippen LogP contribution in [0.5, 0.6) is 5.75 Å². The number of ketones is 1. The third-order valence-corrected chi connectivity index (χ3v) is 3.85. The Bertz CT molecular complexity index is 706. The summed E-state index contributed by atoms with van der Waals surface area (Å²) in [6, 6.07) is 6.61. The van der Waals surface area contributed by atoms with Crippen molar-refractivity contribution in [3.05, 3.63) is 52.7 Å². The van der Waals surface area contributed by atoms with Gasteiger partial charge >= 0.3 is 5.97 Å². The maximum atomic E-state index is 11.7. The Hall–Kier alpha value is -2.60. The normalized spacial score (nSPS) is 21.1. The van der Waals surface area contributed by atoms with Gasteiger partial charge in [0.05, 0.1) is 0 Å². The Morgan fingerprint density at radius 2 is 1.95 bits per heavy atom. The molecule has 0 radical (unpaired) electrons. The highest BCUT2D eigenvalue weighted by Crippen LogP contribution is 2.31. The van der Waals surface area contributed by atoms with E-state index >= 15 is 0 Å². The van der Waals surface area contributed by atoms with E-state index in [1.807, 2.05) is 0 Å². The van der Waals surface area contributed by atoms with Crippen LogP contribution in [-0.4, -0.2) is 27.6 Å². The molecule has 0 amide bonds. The molecule has 0 bridgehead atoms. The van der Waals surface area contributed by atoms with E-state index in [9.17, 15) is 19.8 Å². The number of phenols is 1. The first-order chi connectivity index (χ1) is 10.3. The van der Waals surface area contributed by atoms with Gasteiger partial charge in [-0.1, -0.05) is 18.2 Å². The molecule has 116 valence electrons. The van der Waals surface area contributed by atoms with Gasteiger partial charge < -0.3 is 15.5 Å². The van der Waals surface area contributed by atoms with Crippen molar-refractivity contribution in [3.63, 3.8) is 0 Å². The lowest BCUT2D eigenvalue weighted by molar-refractivity contribution is -0.142. The van der Waals surface area contributed by atoms with Gasteiger partial charge in [0.25, 0.3) is 0 Å². The van der Waals surface area contributed by atoms with Gasteiger partial charge in [-0.15, -0.1) is 0 Å². The van der Waals surface area contributed by atoms with E-state index in [1.54, 1.807) is 25.1 Å². The number of aromatic hydroxyl groups is 1. The minimum absolute atomic E-state index is 0.0504. The molecular weight excluding hydrogens is 284 g/mol. The quantitative estimate of drug-likeness (QED) is 0.661. The van der Waals surface area contributed by atoms with Gasteiger partial charge in [-0.3, -0.25) is 10.5 Å². The molecule has 6 nitrogen and oxygen atoms in total. The lowest BCUT2D eigenvalue weighted by atomic mass is 9.83. The number of benzene rings is 1. The summed E-state index contributed by atoms with van der Waals surface area (Å²) in [7, 11) is 0. The molecule has 1 atom stereocenters. The SMILES string of the molecule is CC(=O)C1=CNC(N)(C(=O)O)C(Cc2ccccc2O)=C1C. The highest BCUT2D eigenvalue weighted by Gasteiger charge is 2.41. The second-order valence-electron chi connectivity index (χ2n) is 5.28. The van der Waals surface area contributed by atoms with E-state index in [-0.39, 0.29) is 18.0 Å². The van der Waals surface area contributed by atoms with Gasteiger partial charge in [-0.2, -0.15) is 0 Å². The molecule has 1 aliphatic rings. The minimum Gasteiger partial charge on any atom is -0.508 e. The molecule has 1 aromatic rings. The Morgan fingerprint density at radius 3 is 2.50 bits per heavy atom. The number of allylic oxidation sites excluding steroid dienone is 2. The van der Waals surface area contributed by atoms with Crippen molar-refractivity contribution in [2.75, 3.05) is 0 Å². The van der Waals surface area contributed by atoms with Crippen LogP contribution in [0.15, 0.2) is 47.2 Å². The van der Waals surface area contributed by atoms with Gasteiger partial charge in [0.15, 0.2) is 5.78 Å². The second kappa shape index (κ2) is 5.65. The third-order valence-electron chi connectivity index (χ3n) is 3.85. The maximum absolute atomic E-state index is 11.7. The van der Waals surface area contributed by atoms with Gasteiger partial charge in [0, 0.05) is 18.2 Å². The predicted molar refractivity (Wildman–Crippen MR) is 81.0 cm³/mol. The van der Waals surface area contributed by atoms with Crippen molar-refractivity contribution in [1.29, 1.82) is 0 Å². The van der Waals surface area contributed by atoms with Crippen LogP contribution in [0, 0.1) is 0 Å². The number of phenolic OH excluding ortho intramolecular Hbond substituents is 1. The van der Waals surface area contributed by atoms with Crippen LogP contribution in [0.3, 0.4) is 0 Å². The zero-order valence-corrected chi connectivity index (χ0v) is 12.4.